The molecule has 4 saturated heterocycles. The first kappa shape index (κ1) is 19.1. The van der Waals surface area contributed by atoms with E-state index in [9.17, 15) is 4.79 Å². The minimum atomic E-state index is 0.0130. The predicted octanol–water partition coefficient (Wildman–Crippen LogP) is 3.03. The minimum Gasteiger partial charge on any atom is -0.447 e. The summed E-state index contributed by atoms with van der Waals surface area (Å²) in [4.78, 5) is 15.9. The predicted molar refractivity (Wildman–Crippen MR) is 113 cm³/mol. The average Bonchev–Trinajstić information content (AvgIpc) is 3.24. The lowest BCUT2D eigenvalue weighted by Crippen LogP contribution is -2.57. The molecule has 1 unspecified atom stereocenters. The summed E-state index contributed by atoms with van der Waals surface area (Å²) in [5.41, 5.74) is 1.10. The number of piperidine rings is 3. The molecule has 6 rings (SSSR count). The van der Waals surface area contributed by atoms with E-state index in [-0.39, 0.29) is 18.1 Å². The van der Waals surface area contributed by atoms with Gasteiger partial charge in [0.1, 0.15) is 5.75 Å². The van der Waals surface area contributed by atoms with E-state index in [0.717, 1.165) is 42.6 Å². The Labute approximate surface area is 175 Å². The summed E-state index contributed by atoms with van der Waals surface area (Å²) >= 11 is 1.39. The molecule has 7 heteroatoms. The maximum atomic E-state index is 12.7. The van der Waals surface area contributed by atoms with E-state index in [4.69, 9.17) is 9.47 Å². The number of hydrogen-bond donors (Lipinski definition) is 2. The van der Waals surface area contributed by atoms with Gasteiger partial charge in [-0.25, -0.2) is 0 Å². The highest BCUT2D eigenvalue weighted by atomic mass is 32.1. The van der Waals surface area contributed by atoms with Crippen molar-refractivity contribution in [1.82, 2.24) is 15.5 Å². The fourth-order valence-corrected chi connectivity index (χ4v) is 5.32. The SMILES string of the molecule is O=C(N[C@H]1CN2CCC1CC2)c1ccc(Oc2cccc(C3CNCCO3)c2)s1. The Morgan fingerprint density at radius 3 is 2.90 bits per heavy atom. The first-order valence-electron chi connectivity index (χ1n) is 10.5. The van der Waals surface area contributed by atoms with Crippen LogP contribution in [0.3, 0.4) is 0 Å². The summed E-state index contributed by atoms with van der Waals surface area (Å²) in [6.07, 6.45) is 2.44. The second-order valence-electron chi connectivity index (χ2n) is 8.07. The van der Waals surface area contributed by atoms with Crippen molar-refractivity contribution in [3.8, 4) is 10.8 Å². The normalized spacial score (nSPS) is 28.8. The molecular formula is C22H27N3O3S. The summed E-state index contributed by atoms with van der Waals surface area (Å²) in [5, 5.41) is 7.32. The van der Waals surface area contributed by atoms with Crippen LogP contribution < -0.4 is 15.4 Å². The van der Waals surface area contributed by atoms with Gasteiger partial charge in [-0.2, -0.15) is 0 Å². The van der Waals surface area contributed by atoms with Crippen LogP contribution in [0.25, 0.3) is 0 Å². The van der Waals surface area contributed by atoms with Crippen molar-refractivity contribution in [2.75, 3.05) is 39.3 Å². The Morgan fingerprint density at radius 2 is 2.14 bits per heavy atom. The smallest absolute Gasteiger partial charge is 0.261 e. The van der Waals surface area contributed by atoms with Gasteiger partial charge in [-0.05, 0) is 61.7 Å². The van der Waals surface area contributed by atoms with Gasteiger partial charge in [0.25, 0.3) is 5.91 Å². The third kappa shape index (κ3) is 4.33. The Hall–Kier alpha value is -1.93. The number of rotatable bonds is 5. The van der Waals surface area contributed by atoms with Crippen molar-refractivity contribution in [3.63, 3.8) is 0 Å². The highest BCUT2D eigenvalue weighted by Gasteiger charge is 2.35. The maximum Gasteiger partial charge on any atom is 0.261 e. The van der Waals surface area contributed by atoms with Crippen LogP contribution in [0.4, 0.5) is 0 Å². The Morgan fingerprint density at radius 1 is 1.24 bits per heavy atom. The molecular weight excluding hydrogens is 386 g/mol. The molecule has 0 aliphatic carbocycles. The van der Waals surface area contributed by atoms with Crippen LogP contribution in [-0.4, -0.2) is 56.2 Å². The van der Waals surface area contributed by atoms with Gasteiger partial charge < -0.3 is 25.0 Å². The lowest BCUT2D eigenvalue weighted by Gasteiger charge is -2.44. The Kier molecular flexibility index (Phi) is 5.54. The van der Waals surface area contributed by atoms with Gasteiger partial charge in [0.2, 0.25) is 0 Å². The third-order valence-corrected chi connectivity index (χ3v) is 7.12. The molecule has 1 aromatic heterocycles. The van der Waals surface area contributed by atoms with Gasteiger partial charge in [-0.1, -0.05) is 23.5 Å². The van der Waals surface area contributed by atoms with Gasteiger partial charge in [0, 0.05) is 25.7 Å². The zero-order chi connectivity index (χ0) is 19.6. The summed E-state index contributed by atoms with van der Waals surface area (Å²) in [6.45, 7) is 5.76. The summed E-state index contributed by atoms with van der Waals surface area (Å²) in [5.74, 6) is 1.40. The second kappa shape index (κ2) is 8.44. The molecule has 1 amide bonds. The fraction of sp³-hybridized carbons (Fsp3) is 0.500. The van der Waals surface area contributed by atoms with E-state index in [1.54, 1.807) is 0 Å². The Balaban J connectivity index is 1.22. The van der Waals surface area contributed by atoms with Crippen molar-refractivity contribution in [2.45, 2.75) is 25.0 Å². The van der Waals surface area contributed by atoms with Crippen LogP contribution in [0.2, 0.25) is 0 Å². The molecule has 4 fully saturated rings. The summed E-state index contributed by atoms with van der Waals surface area (Å²) < 4.78 is 11.9. The molecule has 0 spiro atoms. The third-order valence-electron chi connectivity index (χ3n) is 6.15. The molecule has 1 aromatic carbocycles. The van der Waals surface area contributed by atoms with Crippen molar-refractivity contribution in [2.24, 2.45) is 5.92 Å². The summed E-state index contributed by atoms with van der Waals surface area (Å²) in [6, 6.07) is 12.0. The first-order chi connectivity index (χ1) is 14.2. The van der Waals surface area contributed by atoms with Crippen LogP contribution in [-0.2, 0) is 4.74 Å². The monoisotopic (exact) mass is 413 g/mol. The molecule has 2 atom stereocenters. The van der Waals surface area contributed by atoms with Gasteiger partial charge >= 0.3 is 0 Å². The fourth-order valence-electron chi connectivity index (χ4n) is 4.54. The van der Waals surface area contributed by atoms with Gasteiger partial charge in [0.05, 0.1) is 17.6 Å². The highest BCUT2D eigenvalue weighted by molar-refractivity contribution is 7.15. The van der Waals surface area contributed by atoms with E-state index in [2.05, 4.69) is 21.6 Å². The van der Waals surface area contributed by atoms with Crippen LogP contribution in [0.5, 0.6) is 10.8 Å². The number of fused-ring (bicyclic) bond motifs is 3. The van der Waals surface area contributed by atoms with Crippen molar-refractivity contribution in [1.29, 1.82) is 0 Å². The first-order valence-corrected chi connectivity index (χ1v) is 11.3. The van der Waals surface area contributed by atoms with Crippen LogP contribution in [0.1, 0.15) is 34.2 Å². The number of ether oxygens (including phenoxy) is 2. The second-order valence-corrected chi connectivity index (χ2v) is 9.12. The molecule has 0 radical (unpaired) electrons. The lowest BCUT2D eigenvalue weighted by molar-refractivity contribution is 0.0276. The topological polar surface area (TPSA) is 62.8 Å². The zero-order valence-electron chi connectivity index (χ0n) is 16.4. The van der Waals surface area contributed by atoms with Crippen molar-refractivity contribution >= 4 is 17.2 Å². The van der Waals surface area contributed by atoms with Gasteiger partial charge in [0.15, 0.2) is 5.06 Å². The molecule has 6 nitrogen and oxygen atoms in total. The maximum absolute atomic E-state index is 12.7. The average molecular weight is 414 g/mol. The lowest BCUT2D eigenvalue weighted by atomic mass is 9.84. The quantitative estimate of drug-likeness (QED) is 0.789. The van der Waals surface area contributed by atoms with Crippen LogP contribution in [0, 0.1) is 5.92 Å². The number of hydrogen-bond acceptors (Lipinski definition) is 6. The zero-order valence-corrected chi connectivity index (χ0v) is 17.2. The molecule has 2 N–H and O–H groups in total. The molecule has 29 heavy (non-hydrogen) atoms. The molecule has 4 aliphatic heterocycles. The van der Waals surface area contributed by atoms with Gasteiger partial charge in [-0.3, -0.25) is 4.79 Å². The van der Waals surface area contributed by atoms with Crippen molar-refractivity contribution < 1.29 is 14.3 Å². The number of morpholine rings is 1. The Bertz CT molecular complexity index is 856. The number of benzene rings is 1. The molecule has 154 valence electrons. The molecule has 0 saturated carbocycles. The van der Waals surface area contributed by atoms with E-state index in [1.807, 2.05) is 30.3 Å². The summed E-state index contributed by atoms with van der Waals surface area (Å²) in [7, 11) is 0. The molecule has 2 bridgehead atoms. The number of nitrogens with zero attached hydrogens (tertiary/aromatic N) is 1. The molecule has 2 aromatic rings. The molecule has 4 aliphatic rings. The highest BCUT2D eigenvalue weighted by Crippen LogP contribution is 2.32. The minimum absolute atomic E-state index is 0.0130. The van der Waals surface area contributed by atoms with E-state index in [1.165, 1.54) is 37.3 Å². The molecule has 5 heterocycles. The van der Waals surface area contributed by atoms with E-state index >= 15 is 0 Å². The number of carbonyl (C=O) groups is 1. The van der Waals surface area contributed by atoms with E-state index in [0.29, 0.717) is 10.8 Å². The van der Waals surface area contributed by atoms with Crippen LogP contribution in [0.15, 0.2) is 36.4 Å². The largest absolute Gasteiger partial charge is 0.447 e. The van der Waals surface area contributed by atoms with E-state index < -0.39 is 0 Å². The van der Waals surface area contributed by atoms with Crippen molar-refractivity contribution in [3.05, 3.63) is 46.8 Å². The standard InChI is InChI=1S/C22H27N3O3S/c26-22(24-18-14-25-9-6-15(18)7-10-25)20-4-5-21(29-20)28-17-3-1-2-16(12-17)19-13-23-8-11-27-19/h1-5,12,15,18-19,23H,6-11,13-14H2,(H,24,26)/t18-,19?/m0/s1. The van der Waals surface area contributed by atoms with Crippen LogP contribution >= 0.6 is 11.3 Å². The number of nitrogens with one attached hydrogen (secondary N) is 2. The van der Waals surface area contributed by atoms with Gasteiger partial charge in [-0.15, -0.1) is 0 Å². The number of carbonyl (C=O) groups excluding carboxylic acids is 1. The number of thiophene rings is 1. The number of amides is 1.